The lowest BCUT2D eigenvalue weighted by molar-refractivity contribution is 0.244. The van der Waals surface area contributed by atoms with Gasteiger partial charge < -0.3 is 15.8 Å². The number of anilines is 2. The molecule has 1 aromatic rings. The van der Waals surface area contributed by atoms with Crippen LogP contribution in [0.5, 0.6) is 0 Å². The minimum atomic E-state index is -0.860. The summed E-state index contributed by atoms with van der Waals surface area (Å²) in [5, 5.41) is 11.4. The largest absolute Gasteiger partial charge is 0.396 e. The Balaban J connectivity index is 2.79. The first kappa shape index (κ1) is 12.6. The quantitative estimate of drug-likeness (QED) is 0.443. The molecule has 0 aromatic carbocycles. The normalized spacial score (nSPS) is 12.3. The molecule has 0 bridgehead atoms. The van der Waals surface area contributed by atoms with E-state index in [1.165, 1.54) is 0 Å². The Morgan fingerprint density at radius 1 is 1.44 bits per heavy atom. The highest BCUT2D eigenvalue weighted by molar-refractivity contribution is 5.46. The van der Waals surface area contributed by atoms with Crippen molar-refractivity contribution in [3.05, 3.63) is 17.7 Å². The highest BCUT2D eigenvalue weighted by atomic mass is 19.1. The van der Waals surface area contributed by atoms with Gasteiger partial charge in [-0.05, 0) is 5.92 Å². The number of hydrazine groups is 1. The SMILES string of the molecule is CC(CO)CNc1nc(NN)c(F)cc1F. The molecule has 1 rings (SSSR count). The number of nitrogen functional groups attached to an aromatic ring is 1. The van der Waals surface area contributed by atoms with Gasteiger partial charge in [-0.25, -0.2) is 19.6 Å². The number of nitrogens with one attached hydrogen (secondary N) is 2. The van der Waals surface area contributed by atoms with Crippen molar-refractivity contribution in [2.45, 2.75) is 6.92 Å². The summed E-state index contributed by atoms with van der Waals surface area (Å²) < 4.78 is 26.2. The van der Waals surface area contributed by atoms with Crippen LogP contribution in [0.1, 0.15) is 6.92 Å². The van der Waals surface area contributed by atoms with Gasteiger partial charge in [-0.3, -0.25) is 0 Å². The van der Waals surface area contributed by atoms with E-state index in [0.717, 1.165) is 0 Å². The first-order valence-corrected chi connectivity index (χ1v) is 4.75. The molecule has 0 aliphatic rings. The fraction of sp³-hybridized carbons (Fsp3) is 0.444. The number of aliphatic hydroxyl groups excluding tert-OH is 1. The number of hydrogen-bond acceptors (Lipinski definition) is 5. The summed E-state index contributed by atoms with van der Waals surface area (Å²) in [6.45, 7) is 2.07. The fourth-order valence-corrected chi connectivity index (χ4v) is 1.03. The zero-order valence-corrected chi connectivity index (χ0v) is 8.80. The summed E-state index contributed by atoms with van der Waals surface area (Å²) in [7, 11) is 0. The molecule has 0 spiro atoms. The summed E-state index contributed by atoms with van der Waals surface area (Å²) in [6, 6.07) is 0.689. The molecular weight excluding hydrogens is 218 g/mol. The Morgan fingerprint density at radius 2 is 2.06 bits per heavy atom. The lowest BCUT2D eigenvalue weighted by atomic mass is 10.2. The maximum absolute atomic E-state index is 13.2. The minimum Gasteiger partial charge on any atom is -0.396 e. The summed E-state index contributed by atoms with van der Waals surface area (Å²) in [5.74, 6) is 2.95. The summed E-state index contributed by atoms with van der Waals surface area (Å²) in [4.78, 5) is 3.62. The van der Waals surface area contributed by atoms with Crippen LogP contribution in [-0.2, 0) is 0 Å². The van der Waals surface area contributed by atoms with Crippen molar-refractivity contribution < 1.29 is 13.9 Å². The van der Waals surface area contributed by atoms with Gasteiger partial charge in [0.05, 0.1) is 0 Å². The summed E-state index contributed by atoms with van der Waals surface area (Å²) >= 11 is 0. The second-order valence-electron chi connectivity index (χ2n) is 3.46. The second-order valence-corrected chi connectivity index (χ2v) is 3.46. The molecule has 7 heteroatoms. The molecule has 0 aliphatic heterocycles. The van der Waals surface area contributed by atoms with Crippen molar-refractivity contribution in [1.82, 2.24) is 4.98 Å². The van der Waals surface area contributed by atoms with E-state index in [-0.39, 0.29) is 24.2 Å². The van der Waals surface area contributed by atoms with E-state index < -0.39 is 11.6 Å². The summed E-state index contributed by atoms with van der Waals surface area (Å²) in [6.07, 6.45) is 0. The molecule has 1 unspecified atom stereocenters. The van der Waals surface area contributed by atoms with Crippen molar-refractivity contribution in [1.29, 1.82) is 0 Å². The van der Waals surface area contributed by atoms with E-state index in [2.05, 4.69) is 10.3 Å². The number of nitrogens with two attached hydrogens (primary N) is 1. The lowest BCUT2D eigenvalue weighted by Crippen LogP contribution is -2.18. The molecule has 1 heterocycles. The molecule has 1 atom stereocenters. The van der Waals surface area contributed by atoms with Gasteiger partial charge in [-0.1, -0.05) is 6.92 Å². The number of aliphatic hydroxyl groups is 1. The predicted octanol–water partition coefficient (Wildman–Crippen LogP) is 0.686. The molecule has 0 radical (unpaired) electrons. The molecule has 0 aliphatic carbocycles. The van der Waals surface area contributed by atoms with Gasteiger partial charge in [0.1, 0.15) is 0 Å². The van der Waals surface area contributed by atoms with Crippen LogP contribution in [0, 0.1) is 17.6 Å². The van der Waals surface area contributed by atoms with Crippen LogP contribution in [0.2, 0.25) is 0 Å². The Labute approximate surface area is 91.6 Å². The molecule has 90 valence electrons. The number of hydrogen-bond donors (Lipinski definition) is 4. The predicted molar refractivity (Wildman–Crippen MR) is 56.7 cm³/mol. The molecule has 0 fully saturated rings. The third-order valence-electron chi connectivity index (χ3n) is 2.00. The Morgan fingerprint density at radius 3 is 2.62 bits per heavy atom. The first-order valence-electron chi connectivity index (χ1n) is 4.75. The van der Waals surface area contributed by atoms with Crippen LogP contribution in [0.15, 0.2) is 6.07 Å². The second kappa shape index (κ2) is 5.57. The number of pyridine rings is 1. The molecule has 5 N–H and O–H groups in total. The zero-order valence-electron chi connectivity index (χ0n) is 8.80. The summed E-state index contributed by atoms with van der Waals surface area (Å²) in [5.41, 5.74) is 2.02. The molecular formula is C9H14F2N4O. The Hall–Kier alpha value is -1.47. The monoisotopic (exact) mass is 232 g/mol. The maximum atomic E-state index is 13.2. The van der Waals surface area contributed by atoms with Gasteiger partial charge in [0.15, 0.2) is 23.3 Å². The third kappa shape index (κ3) is 3.01. The van der Waals surface area contributed by atoms with Crippen molar-refractivity contribution in [2.24, 2.45) is 11.8 Å². The van der Waals surface area contributed by atoms with Crippen LogP contribution < -0.4 is 16.6 Å². The average molecular weight is 232 g/mol. The van der Waals surface area contributed by atoms with Gasteiger partial charge in [-0.2, -0.15) is 0 Å². The van der Waals surface area contributed by atoms with Gasteiger partial charge >= 0.3 is 0 Å². The van der Waals surface area contributed by atoms with E-state index >= 15 is 0 Å². The topological polar surface area (TPSA) is 83.2 Å². The van der Waals surface area contributed by atoms with Crippen LogP contribution in [0.25, 0.3) is 0 Å². The highest BCUT2D eigenvalue weighted by Gasteiger charge is 2.11. The van der Waals surface area contributed by atoms with Gasteiger partial charge in [0, 0.05) is 19.2 Å². The molecule has 0 saturated heterocycles. The standard InChI is InChI=1S/C9H14F2N4O/c1-5(4-16)3-13-8-6(10)2-7(11)9(14-8)15-12/h2,5,16H,3-4,12H2,1H3,(H2,13,14,15). The number of aromatic nitrogens is 1. The number of halogens is 2. The first-order chi connectivity index (χ1) is 7.58. The van der Waals surface area contributed by atoms with Gasteiger partial charge in [0.25, 0.3) is 0 Å². The lowest BCUT2D eigenvalue weighted by Gasteiger charge is -2.12. The van der Waals surface area contributed by atoms with Gasteiger partial charge in [-0.15, -0.1) is 0 Å². The zero-order chi connectivity index (χ0) is 12.1. The van der Waals surface area contributed by atoms with Crippen LogP contribution in [0.4, 0.5) is 20.4 Å². The minimum absolute atomic E-state index is 0.0300. The van der Waals surface area contributed by atoms with E-state index in [1.807, 2.05) is 5.43 Å². The van der Waals surface area contributed by atoms with Crippen molar-refractivity contribution >= 4 is 11.6 Å². The van der Waals surface area contributed by atoms with Gasteiger partial charge in [0.2, 0.25) is 0 Å². The van der Waals surface area contributed by atoms with E-state index in [0.29, 0.717) is 12.6 Å². The molecule has 0 saturated carbocycles. The molecule has 16 heavy (non-hydrogen) atoms. The van der Waals surface area contributed by atoms with E-state index in [4.69, 9.17) is 10.9 Å². The number of rotatable bonds is 5. The van der Waals surface area contributed by atoms with Crippen molar-refractivity contribution in [3.63, 3.8) is 0 Å². The van der Waals surface area contributed by atoms with E-state index in [9.17, 15) is 8.78 Å². The van der Waals surface area contributed by atoms with Crippen molar-refractivity contribution in [2.75, 3.05) is 23.9 Å². The van der Waals surface area contributed by atoms with E-state index in [1.54, 1.807) is 6.92 Å². The van der Waals surface area contributed by atoms with Crippen LogP contribution in [0.3, 0.4) is 0 Å². The van der Waals surface area contributed by atoms with Crippen LogP contribution in [-0.4, -0.2) is 23.2 Å². The Bertz CT molecular complexity index is 362. The highest BCUT2D eigenvalue weighted by Crippen LogP contribution is 2.18. The maximum Gasteiger partial charge on any atom is 0.178 e. The number of nitrogens with zero attached hydrogens (tertiary/aromatic N) is 1. The average Bonchev–Trinajstić information content (AvgIpc) is 2.27. The Kier molecular flexibility index (Phi) is 4.39. The third-order valence-corrected chi connectivity index (χ3v) is 2.00. The fourth-order valence-electron chi connectivity index (χ4n) is 1.03. The smallest absolute Gasteiger partial charge is 0.178 e. The van der Waals surface area contributed by atoms with Crippen LogP contribution >= 0.6 is 0 Å². The van der Waals surface area contributed by atoms with Crippen molar-refractivity contribution in [3.8, 4) is 0 Å². The molecule has 1 aromatic heterocycles. The molecule has 5 nitrogen and oxygen atoms in total. The molecule has 0 amide bonds.